The Morgan fingerprint density at radius 1 is 0.650 bits per heavy atom. The Balaban J connectivity index is -0.0000000311. The molecule has 0 aliphatic rings. The summed E-state index contributed by atoms with van der Waals surface area (Å²) < 4.78 is 15.0. The van der Waals surface area contributed by atoms with E-state index in [1.54, 1.807) is 0 Å². The van der Waals surface area contributed by atoms with Gasteiger partial charge in [-0.3, -0.25) is 13.6 Å². The Hall–Kier alpha value is -1.42. The molecule has 0 saturated carbocycles. The smallest absolute Gasteiger partial charge is 0.545 e. The number of carbonyl (C=O) groups excluding carboxylic acids is 2. The molecule has 1 radical (unpaired) electrons. The maximum atomic E-state index is 7.75. The topological polar surface area (TPSA) is 73.9 Å². The number of hydrogen-bond donors (Lipinski definition) is 0. The minimum Gasteiger partial charge on any atom is -0.545 e. The summed E-state index contributed by atoms with van der Waals surface area (Å²) in [5, 5.41) is 0. The zero-order chi connectivity index (χ0) is 15.1. The first kappa shape index (κ1) is 36.3. The molecule has 4 nitrogen and oxygen atoms in total. The summed E-state index contributed by atoms with van der Waals surface area (Å²) >= 11 is 0. The first-order valence-corrected chi connectivity index (χ1v) is 4.21. The Labute approximate surface area is 141 Å². The molecule has 2 rings (SSSR count). The number of hydrogen-bond acceptors (Lipinski definition) is 2. The van der Waals surface area contributed by atoms with E-state index in [1.165, 1.54) is 0 Å². The van der Waals surface area contributed by atoms with Crippen molar-refractivity contribution >= 4 is 13.6 Å². The van der Waals surface area contributed by atoms with Crippen LogP contribution in [0.1, 0.15) is 0 Å². The molecule has 0 fully saturated rings. The van der Waals surface area contributed by atoms with E-state index in [0.29, 0.717) is 0 Å². The third kappa shape index (κ3) is 54.7. The molecule has 6 heteroatoms. The van der Waals surface area contributed by atoms with Crippen molar-refractivity contribution in [2.75, 3.05) is 0 Å². The number of rotatable bonds is 0. The molecular formula is C14H12Cr2O4+. The van der Waals surface area contributed by atoms with Gasteiger partial charge in [0.1, 0.15) is 0 Å². The van der Waals surface area contributed by atoms with Gasteiger partial charge in [0.15, 0.2) is 0 Å². The van der Waals surface area contributed by atoms with Crippen molar-refractivity contribution < 1.29 is 53.6 Å². The molecule has 0 heterocycles. The second kappa shape index (κ2) is 65.6. The van der Waals surface area contributed by atoms with E-state index < -0.39 is 0 Å². The quantitative estimate of drug-likeness (QED) is 0.416. The summed E-state index contributed by atoms with van der Waals surface area (Å²) in [7, 11) is 0. The van der Waals surface area contributed by atoms with Crippen LogP contribution in [0.5, 0.6) is 0 Å². The van der Waals surface area contributed by atoms with Gasteiger partial charge < -0.3 is 9.59 Å². The van der Waals surface area contributed by atoms with Gasteiger partial charge in [-0.15, -0.1) is 0 Å². The van der Waals surface area contributed by atoms with Crippen LogP contribution < -0.4 is 0 Å². The molecule has 0 aromatic heterocycles. The minimum atomic E-state index is 0. The average Bonchev–Trinajstić information content (AvgIpc) is 3.25. The van der Waals surface area contributed by atoms with Gasteiger partial charge in [-0.1, -0.05) is 0 Å². The van der Waals surface area contributed by atoms with Gasteiger partial charge in [-0.2, -0.15) is 36.4 Å². The van der Waals surface area contributed by atoms with Gasteiger partial charge in [0.25, 0.3) is 0 Å². The maximum absolute atomic E-state index is 7.75. The Bertz CT molecular complexity index is 247. The van der Waals surface area contributed by atoms with Crippen LogP contribution in [-0.2, 0) is 53.6 Å². The summed E-state index contributed by atoms with van der Waals surface area (Å²) in [5.41, 5.74) is 0. The normalized spacial score (nSPS) is 4.60. The molecule has 0 N–H and O–H groups in total. The predicted octanol–water partition coefficient (Wildman–Crippen LogP) is 2.18. The molecule has 0 saturated heterocycles. The largest absolute Gasteiger partial charge is 5.00 e. The van der Waals surface area contributed by atoms with Crippen molar-refractivity contribution in [3.8, 4) is 0 Å². The van der Waals surface area contributed by atoms with Gasteiger partial charge >= 0.3 is 40.0 Å². The summed E-state index contributed by atoms with van der Waals surface area (Å²) in [6, 6.07) is 20.0. The van der Waals surface area contributed by atoms with Crippen LogP contribution >= 0.6 is 0 Å². The van der Waals surface area contributed by atoms with Crippen molar-refractivity contribution in [3.05, 3.63) is 74.0 Å². The van der Waals surface area contributed by atoms with Crippen molar-refractivity contribution in [3.63, 3.8) is 0 Å². The fraction of sp³-hybridized carbons (Fsp3) is 0. The molecule has 0 atom stereocenters. The van der Waals surface area contributed by atoms with Crippen LogP contribution in [0.4, 0.5) is 0 Å². The molecule has 0 aliphatic carbocycles. The van der Waals surface area contributed by atoms with E-state index in [0.717, 1.165) is 0 Å². The predicted molar refractivity (Wildman–Crippen MR) is 65.4 cm³/mol. The Kier molecular flexibility index (Phi) is 119. The van der Waals surface area contributed by atoms with Crippen molar-refractivity contribution in [2.24, 2.45) is 0 Å². The van der Waals surface area contributed by atoms with Crippen LogP contribution in [0.2, 0.25) is 0 Å². The zero-order valence-corrected chi connectivity index (χ0v) is 12.9. The van der Waals surface area contributed by atoms with Crippen LogP contribution in [0.15, 0.2) is 60.7 Å². The fourth-order valence-electron chi connectivity index (χ4n) is 0.642. The minimum absolute atomic E-state index is 0. The van der Waals surface area contributed by atoms with E-state index in [4.69, 9.17) is 18.9 Å². The van der Waals surface area contributed by atoms with E-state index in [2.05, 4.69) is 26.9 Å². The summed E-state index contributed by atoms with van der Waals surface area (Å²) in [4.78, 5) is 15.5. The third-order valence-electron chi connectivity index (χ3n) is 1.11. The van der Waals surface area contributed by atoms with Crippen LogP contribution in [0, 0.1) is 13.3 Å². The summed E-state index contributed by atoms with van der Waals surface area (Å²) in [6.45, 7) is 15.5. The molecule has 2 aromatic carbocycles. The van der Waals surface area contributed by atoms with E-state index in [9.17, 15) is 0 Å². The van der Waals surface area contributed by atoms with Gasteiger partial charge in [0, 0.05) is 17.4 Å². The second-order valence-electron chi connectivity index (χ2n) is 1.92. The second-order valence-corrected chi connectivity index (χ2v) is 1.92. The van der Waals surface area contributed by atoms with Crippen molar-refractivity contribution in [1.29, 1.82) is 0 Å². The molecule has 0 bridgehead atoms. The SMILES string of the molecule is [C-]#[O+].[C-]#[O+].[CH-]=O.[CH-]=O.[Cr+5].[Cr].c1cc[cH-]c1.c1cc[cH-]c1. The van der Waals surface area contributed by atoms with Gasteiger partial charge in [-0.25, -0.2) is 24.3 Å². The summed E-state index contributed by atoms with van der Waals surface area (Å²) in [6.07, 6.45) is 0. The molecule has 103 valence electrons. The molecule has 0 unspecified atom stereocenters. The van der Waals surface area contributed by atoms with Crippen molar-refractivity contribution in [2.45, 2.75) is 0 Å². The van der Waals surface area contributed by atoms with Crippen LogP contribution in [0.25, 0.3) is 0 Å². The van der Waals surface area contributed by atoms with E-state index in [1.807, 2.05) is 60.7 Å². The first-order chi connectivity index (χ1) is 9.00. The molecule has 20 heavy (non-hydrogen) atoms. The molecule has 0 aliphatic heterocycles. The molecule has 2 aromatic rings. The zero-order valence-electron chi connectivity index (χ0n) is 10.4. The first-order valence-electron chi connectivity index (χ1n) is 4.21. The molecular weight excluding hydrogens is 336 g/mol. The Morgan fingerprint density at radius 2 is 0.800 bits per heavy atom. The molecule has 0 amide bonds. The van der Waals surface area contributed by atoms with E-state index in [-0.39, 0.29) is 34.7 Å². The van der Waals surface area contributed by atoms with Crippen LogP contribution in [-0.4, -0.2) is 13.6 Å². The van der Waals surface area contributed by atoms with Crippen molar-refractivity contribution in [1.82, 2.24) is 0 Å². The molecule has 0 spiro atoms. The Morgan fingerprint density at radius 3 is 0.850 bits per heavy atom. The van der Waals surface area contributed by atoms with Gasteiger partial charge in [0.05, 0.1) is 0 Å². The average molecular weight is 348 g/mol. The fourth-order valence-corrected chi connectivity index (χ4v) is 0.642. The van der Waals surface area contributed by atoms with Gasteiger partial charge in [0.2, 0.25) is 0 Å². The van der Waals surface area contributed by atoms with Gasteiger partial charge in [-0.05, 0) is 0 Å². The van der Waals surface area contributed by atoms with Crippen LogP contribution in [0.3, 0.4) is 0 Å². The monoisotopic (exact) mass is 348 g/mol. The standard InChI is InChI=1S/2C5H5.2CHO.2CO.2Cr/c2*1-2-4-5-3-1;4*1-2;;/h2*1-5H;2*1H;;;;/q4*-1;;;;+5. The van der Waals surface area contributed by atoms with E-state index >= 15 is 0 Å². The summed E-state index contributed by atoms with van der Waals surface area (Å²) in [5.74, 6) is 0. The maximum Gasteiger partial charge on any atom is 5.00 e. The third-order valence-corrected chi connectivity index (χ3v) is 1.11.